The molecule has 3 rings (SSSR count). The number of amides is 2. The van der Waals surface area contributed by atoms with Crippen LogP contribution in [0.5, 0.6) is 5.75 Å². The van der Waals surface area contributed by atoms with Crippen molar-refractivity contribution in [2.24, 2.45) is 0 Å². The van der Waals surface area contributed by atoms with Crippen molar-refractivity contribution >= 4 is 11.7 Å². The third-order valence-corrected chi connectivity index (χ3v) is 4.15. The Hall–Kier alpha value is -2.56. The molecule has 1 aromatic carbocycles. The van der Waals surface area contributed by atoms with Crippen molar-refractivity contribution in [1.82, 2.24) is 9.88 Å². The number of nitrogens with zero attached hydrogens (tertiary/aromatic N) is 2. The number of aryl methyl sites for hydroxylation is 1. The van der Waals surface area contributed by atoms with Gasteiger partial charge in [-0.2, -0.15) is 0 Å². The number of carbonyl (C=O) groups is 1. The van der Waals surface area contributed by atoms with Gasteiger partial charge in [0.05, 0.1) is 12.7 Å². The maximum Gasteiger partial charge on any atom is 0.321 e. The van der Waals surface area contributed by atoms with E-state index in [1.165, 1.54) is 5.56 Å². The first-order valence-electron chi connectivity index (χ1n) is 8.46. The van der Waals surface area contributed by atoms with Crippen LogP contribution in [0, 0.1) is 0 Å². The molecule has 0 bridgehead atoms. The maximum atomic E-state index is 12.5. The molecule has 1 atom stereocenters. The molecule has 0 aliphatic carbocycles. The first-order chi connectivity index (χ1) is 11.8. The Balaban J connectivity index is 1.57. The van der Waals surface area contributed by atoms with Gasteiger partial charge < -0.3 is 15.0 Å². The number of nitrogens with one attached hydrogen (secondary N) is 1. The lowest BCUT2D eigenvalue weighted by molar-refractivity contribution is 0.194. The Kier molecular flexibility index (Phi) is 5.31. The number of benzene rings is 1. The maximum absolute atomic E-state index is 12.5. The number of anilines is 1. The minimum absolute atomic E-state index is 0.0193. The lowest BCUT2D eigenvalue weighted by Crippen LogP contribution is -2.34. The number of urea groups is 1. The summed E-state index contributed by atoms with van der Waals surface area (Å²) in [5.74, 6) is 0.748. The van der Waals surface area contributed by atoms with E-state index in [0.29, 0.717) is 13.1 Å². The Labute approximate surface area is 142 Å². The Morgan fingerprint density at radius 3 is 3.00 bits per heavy atom. The molecule has 1 aliphatic rings. The van der Waals surface area contributed by atoms with Gasteiger partial charge in [0.2, 0.25) is 0 Å². The van der Waals surface area contributed by atoms with E-state index in [2.05, 4.69) is 23.3 Å². The number of hydrogen-bond donors (Lipinski definition) is 1. The average Bonchev–Trinajstić information content (AvgIpc) is 3.06. The zero-order chi connectivity index (χ0) is 16.8. The van der Waals surface area contributed by atoms with Crippen molar-refractivity contribution in [3.63, 3.8) is 0 Å². The van der Waals surface area contributed by atoms with Gasteiger partial charge in [0.25, 0.3) is 0 Å². The van der Waals surface area contributed by atoms with Crippen LogP contribution in [0.1, 0.15) is 25.3 Å². The summed E-state index contributed by atoms with van der Waals surface area (Å²) < 4.78 is 5.88. The second-order valence-corrected chi connectivity index (χ2v) is 6.00. The molecule has 2 heterocycles. The summed E-state index contributed by atoms with van der Waals surface area (Å²) in [5.41, 5.74) is 2.08. The normalized spacial score (nSPS) is 16.9. The third kappa shape index (κ3) is 4.04. The van der Waals surface area contributed by atoms with E-state index in [-0.39, 0.29) is 12.1 Å². The number of pyridine rings is 1. The first-order valence-corrected chi connectivity index (χ1v) is 8.46. The molecule has 5 heteroatoms. The standard InChI is InChI=1S/C19H23N3O2/c1-2-6-15-7-3-4-9-18(15)21-19(23)22-12-10-17(14-22)24-16-8-5-11-20-13-16/h3-5,7-9,11,13,17H,2,6,10,12,14H2,1H3,(H,21,23)/t17-/m0/s1. The highest BCUT2D eigenvalue weighted by Crippen LogP contribution is 2.20. The zero-order valence-electron chi connectivity index (χ0n) is 13.9. The molecule has 2 amide bonds. The molecule has 0 unspecified atom stereocenters. The van der Waals surface area contributed by atoms with E-state index in [4.69, 9.17) is 4.74 Å². The fourth-order valence-corrected chi connectivity index (χ4v) is 2.94. The highest BCUT2D eigenvalue weighted by Gasteiger charge is 2.28. The van der Waals surface area contributed by atoms with Crippen LogP contribution in [0.15, 0.2) is 48.8 Å². The number of hydrogen-bond acceptors (Lipinski definition) is 3. The van der Waals surface area contributed by atoms with Gasteiger partial charge in [-0.3, -0.25) is 4.98 Å². The molecular weight excluding hydrogens is 302 g/mol. The summed E-state index contributed by atoms with van der Waals surface area (Å²) >= 11 is 0. The number of likely N-dealkylation sites (tertiary alicyclic amines) is 1. The number of aromatic nitrogens is 1. The van der Waals surface area contributed by atoms with E-state index in [1.807, 2.05) is 35.2 Å². The van der Waals surface area contributed by atoms with E-state index in [0.717, 1.165) is 30.7 Å². The van der Waals surface area contributed by atoms with Crippen molar-refractivity contribution in [2.45, 2.75) is 32.3 Å². The molecule has 2 aromatic rings. The Morgan fingerprint density at radius 1 is 1.33 bits per heavy atom. The van der Waals surface area contributed by atoms with Gasteiger partial charge in [-0.25, -0.2) is 4.79 Å². The molecule has 0 radical (unpaired) electrons. The monoisotopic (exact) mass is 325 g/mol. The summed E-state index contributed by atoms with van der Waals surface area (Å²) in [6.07, 6.45) is 6.28. The Bertz CT molecular complexity index is 675. The van der Waals surface area contributed by atoms with Crippen LogP contribution >= 0.6 is 0 Å². The second kappa shape index (κ2) is 7.81. The minimum Gasteiger partial charge on any atom is -0.487 e. The number of ether oxygens (including phenoxy) is 1. The average molecular weight is 325 g/mol. The number of para-hydroxylation sites is 1. The topological polar surface area (TPSA) is 54.5 Å². The van der Waals surface area contributed by atoms with Crippen LogP contribution in [0.25, 0.3) is 0 Å². The quantitative estimate of drug-likeness (QED) is 0.911. The number of rotatable bonds is 5. The lowest BCUT2D eigenvalue weighted by Gasteiger charge is -2.19. The number of carbonyl (C=O) groups excluding carboxylic acids is 1. The molecule has 24 heavy (non-hydrogen) atoms. The van der Waals surface area contributed by atoms with Gasteiger partial charge in [0, 0.05) is 24.8 Å². The molecule has 1 N–H and O–H groups in total. The Morgan fingerprint density at radius 2 is 2.21 bits per heavy atom. The smallest absolute Gasteiger partial charge is 0.321 e. The van der Waals surface area contributed by atoms with Crippen LogP contribution < -0.4 is 10.1 Å². The highest BCUT2D eigenvalue weighted by atomic mass is 16.5. The highest BCUT2D eigenvalue weighted by molar-refractivity contribution is 5.90. The van der Waals surface area contributed by atoms with Crippen molar-refractivity contribution in [2.75, 3.05) is 18.4 Å². The van der Waals surface area contributed by atoms with E-state index >= 15 is 0 Å². The van der Waals surface area contributed by atoms with Crippen LogP contribution in [-0.2, 0) is 6.42 Å². The molecule has 1 saturated heterocycles. The third-order valence-electron chi connectivity index (χ3n) is 4.15. The van der Waals surface area contributed by atoms with Crippen molar-refractivity contribution < 1.29 is 9.53 Å². The SMILES string of the molecule is CCCc1ccccc1NC(=O)N1CC[C@H](Oc2cccnc2)C1. The van der Waals surface area contributed by atoms with Gasteiger partial charge in [0.1, 0.15) is 11.9 Å². The lowest BCUT2D eigenvalue weighted by atomic mass is 10.1. The molecule has 1 aliphatic heterocycles. The molecule has 0 spiro atoms. The summed E-state index contributed by atoms with van der Waals surface area (Å²) in [6.45, 7) is 3.43. The van der Waals surface area contributed by atoms with E-state index in [9.17, 15) is 4.79 Å². The summed E-state index contributed by atoms with van der Waals surface area (Å²) in [6, 6.07) is 11.7. The molecule has 1 fully saturated rings. The van der Waals surface area contributed by atoms with Gasteiger partial charge in [-0.15, -0.1) is 0 Å². The molecule has 1 aromatic heterocycles. The van der Waals surface area contributed by atoms with Crippen LogP contribution in [0.3, 0.4) is 0 Å². The molecule has 126 valence electrons. The van der Waals surface area contributed by atoms with Gasteiger partial charge in [-0.05, 0) is 30.2 Å². The van der Waals surface area contributed by atoms with Gasteiger partial charge in [-0.1, -0.05) is 31.5 Å². The van der Waals surface area contributed by atoms with Crippen molar-refractivity contribution in [1.29, 1.82) is 0 Å². The van der Waals surface area contributed by atoms with Crippen molar-refractivity contribution in [3.05, 3.63) is 54.4 Å². The first kappa shape index (κ1) is 16.3. The van der Waals surface area contributed by atoms with Gasteiger partial charge >= 0.3 is 6.03 Å². The predicted octanol–water partition coefficient (Wildman–Crippen LogP) is 3.72. The molecular formula is C19H23N3O2. The van der Waals surface area contributed by atoms with Crippen LogP contribution in [-0.4, -0.2) is 35.1 Å². The zero-order valence-corrected chi connectivity index (χ0v) is 13.9. The van der Waals surface area contributed by atoms with E-state index < -0.39 is 0 Å². The summed E-state index contributed by atoms with van der Waals surface area (Å²) in [7, 11) is 0. The largest absolute Gasteiger partial charge is 0.487 e. The van der Waals surface area contributed by atoms with Crippen LogP contribution in [0.2, 0.25) is 0 Å². The molecule has 0 saturated carbocycles. The predicted molar refractivity (Wildman–Crippen MR) is 94.3 cm³/mol. The molecule has 5 nitrogen and oxygen atoms in total. The fraction of sp³-hybridized carbons (Fsp3) is 0.368. The summed E-state index contributed by atoms with van der Waals surface area (Å²) in [5, 5.41) is 3.04. The second-order valence-electron chi connectivity index (χ2n) is 6.00. The fourth-order valence-electron chi connectivity index (χ4n) is 2.94. The summed E-state index contributed by atoms with van der Waals surface area (Å²) in [4.78, 5) is 18.4. The minimum atomic E-state index is -0.0594. The van der Waals surface area contributed by atoms with E-state index in [1.54, 1.807) is 12.4 Å². The van der Waals surface area contributed by atoms with Crippen LogP contribution in [0.4, 0.5) is 10.5 Å². The van der Waals surface area contributed by atoms with Gasteiger partial charge in [0.15, 0.2) is 0 Å². The van der Waals surface area contributed by atoms with Crippen molar-refractivity contribution in [3.8, 4) is 5.75 Å².